The van der Waals surface area contributed by atoms with Gasteiger partial charge < -0.3 is 28.8 Å². The molecule has 2 heterocycles. The van der Waals surface area contributed by atoms with Crippen LogP contribution < -0.4 is 0 Å². The van der Waals surface area contributed by atoms with Crippen molar-refractivity contribution in [3.8, 4) is 0 Å². The molecule has 2 aliphatic rings. The lowest BCUT2D eigenvalue weighted by Crippen LogP contribution is -2.35. The Morgan fingerprint density at radius 2 is 1.89 bits per heavy atom. The maximum atomic E-state index is 12.9. The van der Waals surface area contributed by atoms with Crippen LogP contribution in [0.4, 0.5) is 0 Å². The molecule has 0 aromatic rings. The lowest BCUT2D eigenvalue weighted by atomic mass is 10.0. The molecule has 0 aliphatic carbocycles. The van der Waals surface area contributed by atoms with Gasteiger partial charge in [-0.3, -0.25) is 4.79 Å². The molecule has 0 amide bonds. The molecule has 0 radical (unpaired) electrons. The van der Waals surface area contributed by atoms with Crippen LogP contribution in [-0.2, 0) is 38.1 Å². The molecule has 0 saturated carbocycles. The molecule has 9 heteroatoms. The average Bonchev–Trinajstić information content (AvgIpc) is 3.01. The van der Waals surface area contributed by atoms with Crippen molar-refractivity contribution in [2.45, 2.75) is 77.7 Å². The number of esters is 2. The van der Waals surface area contributed by atoms with Crippen LogP contribution in [0.1, 0.15) is 53.9 Å². The van der Waals surface area contributed by atoms with Gasteiger partial charge in [0.2, 0.25) is 5.79 Å². The van der Waals surface area contributed by atoms with Crippen LogP contribution in [0.2, 0.25) is 0 Å². The number of aliphatic hydroxyl groups excluding tert-OH is 1. The smallest absolute Gasteiger partial charge is 0.345 e. The van der Waals surface area contributed by atoms with Gasteiger partial charge in [0.1, 0.15) is 29.8 Å². The Morgan fingerprint density at radius 3 is 2.51 bits per heavy atom. The van der Waals surface area contributed by atoms with Crippen molar-refractivity contribution in [2.24, 2.45) is 0 Å². The molecule has 1 fully saturated rings. The van der Waals surface area contributed by atoms with Gasteiger partial charge in [0, 0.05) is 13.8 Å². The molecule has 0 bridgehead atoms. The average molecular weight is 491 g/mol. The summed E-state index contributed by atoms with van der Waals surface area (Å²) in [5.74, 6) is -4.98. The molecule has 2 atom stereocenters. The third kappa shape index (κ3) is 8.52. The molecule has 9 nitrogen and oxygen atoms in total. The first-order chi connectivity index (χ1) is 16.4. The fourth-order valence-corrected chi connectivity index (χ4v) is 3.65. The molecule has 2 aliphatic heterocycles. The number of ether oxygens (including phenoxy) is 5. The predicted molar refractivity (Wildman–Crippen MR) is 127 cm³/mol. The van der Waals surface area contributed by atoms with Gasteiger partial charge in [-0.2, -0.15) is 0 Å². The van der Waals surface area contributed by atoms with Crippen LogP contribution in [0.25, 0.3) is 0 Å². The summed E-state index contributed by atoms with van der Waals surface area (Å²) in [6.07, 6.45) is 9.32. The standard InChI is InChI=1S/C26H34O9/c1-7-11-20-21(34-26(5,6)33-20)13-10-9-12-18(27)23(24(30)31-14-8-2)19(28)15-17-16-22(29)35-25(3,4)32-17/h7-9,11-12,16,20-21,27H,2,10,13-15H2,1,3-6H3/b11-7-,12-9+,23-18+/t20-,21+/m1/s1. The number of ketones is 1. The Balaban J connectivity index is 2.15. The number of aliphatic hydroxyl groups is 1. The Hall–Kier alpha value is -3.17. The maximum absolute atomic E-state index is 12.9. The Bertz CT molecular complexity index is 950. The van der Waals surface area contributed by atoms with E-state index in [1.807, 2.05) is 32.9 Å². The molecule has 35 heavy (non-hydrogen) atoms. The number of rotatable bonds is 11. The third-order valence-corrected chi connectivity index (χ3v) is 4.91. The van der Waals surface area contributed by atoms with Crippen LogP contribution in [0.3, 0.4) is 0 Å². The van der Waals surface area contributed by atoms with Crippen molar-refractivity contribution in [1.29, 1.82) is 0 Å². The highest BCUT2D eigenvalue weighted by atomic mass is 16.8. The van der Waals surface area contributed by atoms with Gasteiger partial charge in [-0.15, -0.1) is 0 Å². The number of hydrogen-bond acceptors (Lipinski definition) is 9. The summed E-state index contributed by atoms with van der Waals surface area (Å²) in [5, 5.41) is 10.6. The van der Waals surface area contributed by atoms with Crippen LogP contribution in [0.5, 0.6) is 0 Å². The van der Waals surface area contributed by atoms with Crippen molar-refractivity contribution in [3.63, 3.8) is 0 Å². The van der Waals surface area contributed by atoms with E-state index in [1.54, 1.807) is 6.08 Å². The molecular weight excluding hydrogens is 456 g/mol. The van der Waals surface area contributed by atoms with Crippen molar-refractivity contribution in [2.75, 3.05) is 6.61 Å². The molecule has 0 aromatic carbocycles. The van der Waals surface area contributed by atoms with Crippen LogP contribution in [-0.4, -0.2) is 53.2 Å². The molecule has 192 valence electrons. The van der Waals surface area contributed by atoms with E-state index >= 15 is 0 Å². The summed E-state index contributed by atoms with van der Waals surface area (Å²) in [4.78, 5) is 37.2. The molecule has 0 aromatic heterocycles. The first-order valence-electron chi connectivity index (χ1n) is 11.4. The summed E-state index contributed by atoms with van der Waals surface area (Å²) >= 11 is 0. The Morgan fingerprint density at radius 1 is 1.17 bits per heavy atom. The molecule has 0 spiro atoms. The minimum atomic E-state index is -1.26. The molecule has 2 rings (SSSR count). The van der Waals surface area contributed by atoms with E-state index in [4.69, 9.17) is 23.7 Å². The number of allylic oxidation sites excluding steroid dienone is 4. The second-order valence-electron chi connectivity index (χ2n) is 8.93. The zero-order valence-corrected chi connectivity index (χ0v) is 20.9. The van der Waals surface area contributed by atoms with Crippen molar-refractivity contribution in [3.05, 3.63) is 60.1 Å². The Labute approximate surface area is 205 Å². The highest BCUT2D eigenvalue weighted by Gasteiger charge is 2.39. The van der Waals surface area contributed by atoms with Crippen LogP contribution in [0.15, 0.2) is 60.1 Å². The van der Waals surface area contributed by atoms with Gasteiger partial charge in [0.05, 0.1) is 18.6 Å². The fraction of sp³-hybridized carbons (Fsp3) is 0.500. The highest BCUT2D eigenvalue weighted by molar-refractivity contribution is 6.18. The largest absolute Gasteiger partial charge is 0.507 e. The van der Waals surface area contributed by atoms with Gasteiger partial charge in [0.15, 0.2) is 11.6 Å². The van der Waals surface area contributed by atoms with Gasteiger partial charge >= 0.3 is 11.9 Å². The van der Waals surface area contributed by atoms with Crippen LogP contribution in [0, 0.1) is 0 Å². The fourth-order valence-electron chi connectivity index (χ4n) is 3.65. The van der Waals surface area contributed by atoms with Crippen LogP contribution >= 0.6 is 0 Å². The number of carbonyl (C=O) groups is 3. The van der Waals surface area contributed by atoms with Gasteiger partial charge in [-0.05, 0) is 39.7 Å². The van der Waals surface area contributed by atoms with E-state index < -0.39 is 47.0 Å². The maximum Gasteiger partial charge on any atom is 0.345 e. The monoisotopic (exact) mass is 490 g/mol. The second kappa shape index (κ2) is 12.0. The number of Topliss-reactive ketones (excluding diaryl/α,β-unsaturated/α-hetero) is 1. The molecule has 1 saturated heterocycles. The topological polar surface area (TPSA) is 118 Å². The molecule has 1 N–H and O–H groups in total. The summed E-state index contributed by atoms with van der Waals surface area (Å²) in [6, 6.07) is 0. The lowest BCUT2D eigenvalue weighted by Gasteiger charge is -2.30. The first kappa shape index (κ1) is 28.1. The van der Waals surface area contributed by atoms with E-state index in [0.717, 1.165) is 6.08 Å². The van der Waals surface area contributed by atoms with E-state index in [1.165, 1.54) is 26.0 Å². The van der Waals surface area contributed by atoms with Gasteiger partial charge in [-0.25, -0.2) is 9.59 Å². The van der Waals surface area contributed by atoms with Crippen molar-refractivity contribution in [1.82, 2.24) is 0 Å². The number of carbonyl (C=O) groups excluding carboxylic acids is 3. The zero-order valence-electron chi connectivity index (χ0n) is 20.9. The Kier molecular flexibility index (Phi) is 9.62. The summed E-state index contributed by atoms with van der Waals surface area (Å²) in [7, 11) is 0. The zero-order chi connectivity index (χ0) is 26.2. The highest BCUT2D eigenvalue weighted by Crippen LogP contribution is 2.31. The molecule has 0 unspecified atom stereocenters. The number of hydrogen-bond donors (Lipinski definition) is 1. The summed E-state index contributed by atoms with van der Waals surface area (Å²) in [6.45, 7) is 11.9. The van der Waals surface area contributed by atoms with Crippen molar-refractivity contribution >= 4 is 17.7 Å². The quantitative estimate of drug-likeness (QED) is 0.0868. The molecular formula is C26H34O9. The minimum absolute atomic E-state index is 0.0121. The summed E-state index contributed by atoms with van der Waals surface area (Å²) < 4.78 is 27.2. The SMILES string of the molecule is C=CCOC(=O)/C(C(=O)CC1=CC(=O)OC(C)(C)O1)=C(O)\C=C\CC[C@@H]1OC(C)(C)O[C@@H]1/C=C\C. The van der Waals surface area contributed by atoms with Crippen molar-refractivity contribution < 1.29 is 43.2 Å². The number of cyclic esters (lactones) is 1. The lowest BCUT2D eigenvalue weighted by molar-refractivity contribution is -0.205. The van der Waals surface area contributed by atoms with E-state index in [9.17, 15) is 19.5 Å². The third-order valence-electron chi connectivity index (χ3n) is 4.91. The van der Waals surface area contributed by atoms with E-state index in [2.05, 4.69) is 6.58 Å². The van der Waals surface area contributed by atoms with E-state index in [-0.39, 0.29) is 24.6 Å². The summed E-state index contributed by atoms with van der Waals surface area (Å²) in [5.41, 5.74) is -0.558. The van der Waals surface area contributed by atoms with E-state index in [0.29, 0.717) is 12.8 Å². The first-order valence-corrected chi connectivity index (χ1v) is 11.4. The second-order valence-corrected chi connectivity index (χ2v) is 8.93. The van der Waals surface area contributed by atoms with Gasteiger partial charge in [-0.1, -0.05) is 30.9 Å². The normalized spacial score (nSPS) is 23.9. The minimum Gasteiger partial charge on any atom is -0.507 e. The van der Waals surface area contributed by atoms with Gasteiger partial charge in [0.25, 0.3) is 0 Å². The predicted octanol–water partition coefficient (Wildman–Crippen LogP) is 4.11.